The first-order chi connectivity index (χ1) is 6.63. The highest BCUT2D eigenvalue weighted by Gasteiger charge is 2.05. The fourth-order valence-electron chi connectivity index (χ4n) is 1.03. The van der Waals surface area contributed by atoms with Crippen LogP contribution < -0.4 is 5.32 Å². The van der Waals surface area contributed by atoms with Crippen LogP contribution >= 0.6 is 22.6 Å². The van der Waals surface area contributed by atoms with Gasteiger partial charge < -0.3 is 5.32 Å². The lowest BCUT2D eigenvalue weighted by Gasteiger charge is -2.05. The summed E-state index contributed by atoms with van der Waals surface area (Å²) in [5, 5.41) is 2.52. The number of rotatable bonds is 3. The summed E-state index contributed by atoms with van der Waals surface area (Å²) < 4.78 is 14.0. The van der Waals surface area contributed by atoms with Gasteiger partial charge in [0, 0.05) is 9.99 Å². The minimum absolute atomic E-state index is 0.146. The van der Waals surface area contributed by atoms with Crippen molar-refractivity contribution in [3.63, 3.8) is 0 Å². The number of halogens is 2. The summed E-state index contributed by atoms with van der Waals surface area (Å²) in [7, 11) is 0. The average molecular weight is 307 g/mol. The zero-order chi connectivity index (χ0) is 10.6. The van der Waals surface area contributed by atoms with E-state index in [1.54, 1.807) is 12.1 Å². The number of hydrogen-bond donors (Lipinski definition) is 1. The van der Waals surface area contributed by atoms with E-state index >= 15 is 0 Å². The molecule has 0 saturated heterocycles. The fraction of sp³-hybridized carbons (Fsp3) is 0.300. The summed E-state index contributed by atoms with van der Waals surface area (Å²) in [6, 6.07) is 4.72. The summed E-state index contributed by atoms with van der Waals surface area (Å²) in [6.45, 7) is 1.91. The van der Waals surface area contributed by atoms with Gasteiger partial charge in [-0.15, -0.1) is 0 Å². The van der Waals surface area contributed by atoms with Gasteiger partial charge in [-0.2, -0.15) is 0 Å². The van der Waals surface area contributed by atoms with Crippen LogP contribution in [-0.4, -0.2) is 5.91 Å². The van der Waals surface area contributed by atoms with E-state index in [2.05, 4.69) is 5.32 Å². The smallest absolute Gasteiger partial charge is 0.224 e. The Hall–Kier alpha value is -0.650. The molecule has 4 heteroatoms. The Balaban J connectivity index is 2.72. The zero-order valence-corrected chi connectivity index (χ0v) is 9.97. The lowest BCUT2D eigenvalue weighted by Crippen LogP contribution is -2.11. The molecule has 14 heavy (non-hydrogen) atoms. The molecule has 1 aromatic carbocycles. The first-order valence-electron chi connectivity index (χ1n) is 4.38. The lowest BCUT2D eigenvalue weighted by molar-refractivity contribution is -0.116. The molecule has 76 valence electrons. The highest BCUT2D eigenvalue weighted by atomic mass is 127. The highest BCUT2D eigenvalue weighted by Crippen LogP contribution is 2.17. The number of amides is 1. The Bertz CT molecular complexity index is 341. The molecule has 0 heterocycles. The molecule has 0 aliphatic heterocycles. The third kappa shape index (κ3) is 3.25. The first-order valence-corrected chi connectivity index (χ1v) is 5.46. The second kappa shape index (κ2) is 5.29. The molecule has 1 aromatic rings. The van der Waals surface area contributed by atoms with Crippen molar-refractivity contribution in [2.75, 3.05) is 5.32 Å². The van der Waals surface area contributed by atoms with E-state index in [-0.39, 0.29) is 17.4 Å². The number of anilines is 1. The van der Waals surface area contributed by atoms with Crippen molar-refractivity contribution in [2.24, 2.45) is 0 Å². The first kappa shape index (κ1) is 11.4. The van der Waals surface area contributed by atoms with Gasteiger partial charge in [0.2, 0.25) is 5.91 Å². The molecule has 2 nitrogen and oxygen atoms in total. The van der Waals surface area contributed by atoms with Gasteiger partial charge >= 0.3 is 0 Å². The summed E-state index contributed by atoms with van der Waals surface area (Å²) in [4.78, 5) is 11.2. The molecule has 0 aliphatic rings. The van der Waals surface area contributed by atoms with Crippen LogP contribution in [0.2, 0.25) is 0 Å². The normalized spacial score (nSPS) is 9.93. The van der Waals surface area contributed by atoms with Crippen LogP contribution in [0.4, 0.5) is 10.1 Å². The van der Waals surface area contributed by atoms with Crippen molar-refractivity contribution in [1.29, 1.82) is 0 Å². The molecule has 0 radical (unpaired) electrons. The van der Waals surface area contributed by atoms with Crippen LogP contribution in [0.15, 0.2) is 18.2 Å². The largest absolute Gasteiger partial charge is 0.324 e. The second-order valence-corrected chi connectivity index (χ2v) is 4.17. The summed E-state index contributed by atoms with van der Waals surface area (Å²) in [6.07, 6.45) is 1.18. The van der Waals surface area contributed by atoms with E-state index in [0.29, 0.717) is 6.42 Å². The maximum Gasteiger partial charge on any atom is 0.224 e. The van der Waals surface area contributed by atoms with E-state index in [1.807, 2.05) is 29.5 Å². The molecule has 0 bridgehead atoms. The van der Waals surface area contributed by atoms with Crippen LogP contribution in [0.1, 0.15) is 19.8 Å². The summed E-state index contributed by atoms with van der Waals surface area (Å²) in [5.74, 6) is -0.533. The topological polar surface area (TPSA) is 29.1 Å². The van der Waals surface area contributed by atoms with E-state index < -0.39 is 0 Å². The van der Waals surface area contributed by atoms with Gasteiger partial charge in [-0.3, -0.25) is 4.79 Å². The number of benzene rings is 1. The van der Waals surface area contributed by atoms with Gasteiger partial charge in [-0.05, 0) is 47.2 Å². The van der Waals surface area contributed by atoms with E-state index in [1.165, 1.54) is 6.07 Å². The summed E-state index contributed by atoms with van der Waals surface area (Å²) >= 11 is 2.02. The SMILES string of the molecule is CCCC(=O)Nc1ccc(I)cc1F. The monoisotopic (exact) mass is 307 g/mol. The standard InChI is InChI=1S/C10H11FINO/c1-2-3-10(14)13-9-5-4-7(12)6-8(9)11/h4-6H,2-3H2,1H3,(H,13,14). The Morgan fingerprint density at radius 3 is 2.86 bits per heavy atom. The lowest BCUT2D eigenvalue weighted by atomic mass is 10.2. The summed E-state index contributed by atoms with van der Waals surface area (Å²) in [5.41, 5.74) is 0.254. The van der Waals surface area contributed by atoms with Gasteiger partial charge in [0.1, 0.15) is 5.82 Å². The van der Waals surface area contributed by atoms with Crippen LogP contribution in [0, 0.1) is 9.39 Å². The molecular formula is C10H11FINO. The number of nitrogens with one attached hydrogen (secondary N) is 1. The van der Waals surface area contributed by atoms with Crippen molar-refractivity contribution in [1.82, 2.24) is 0 Å². The van der Waals surface area contributed by atoms with Gasteiger partial charge in [0.25, 0.3) is 0 Å². The highest BCUT2D eigenvalue weighted by molar-refractivity contribution is 14.1. The quantitative estimate of drug-likeness (QED) is 0.854. The third-order valence-electron chi connectivity index (χ3n) is 1.68. The third-order valence-corrected chi connectivity index (χ3v) is 2.35. The predicted molar refractivity (Wildman–Crippen MR) is 62.7 cm³/mol. The molecule has 0 atom stereocenters. The molecule has 1 rings (SSSR count). The van der Waals surface area contributed by atoms with Gasteiger partial charge in [0.05, 0.1) is 5.69 Å². The van der Waals surface area contributed by atoms with Crippen molar-refractivity contribution < 1.29 is 9.18 Å². The van der Waals surface area contributed by atoms with Crippen LogP contribution in [0.3, 0.4) is 0 Å². The van der Waals surface area contributed by atoms with E-state index in [0.717, 1.165) is 9.99 Å². The van der Waals surface area contributed by atoms with Crippen molar-refractivity contribution in [3.8, 4) is 0 Å². The van der Waals surface area contributed by atoms with Crippen LogP contribution in [-0.2, 0) is 4.79 Å². The van der Waals surface area contributed by atoms with Gasteiger partial charge in [-0.25, -0.2) is 4.39 Å². The van der Waals surface area contributed by atoms with Crippen LogP contribution in [0.5, 0.6) is 0 Å². The molecule has 1 N–H and O–H groups in total. The Labute approximate surface area is 96.0 Å². The molecule has 0 saturated carbocycles. The molecular weight excluding hydrogens is 296 g/mol. The molecule has 1 amide bonds. The fourth-order valence-corrected chi connectivity index (χ4v) is 1.48. The maximum absolute atomic E-state index is 13.2. The Morgan fingerprint density at radius 2 is 2.29 bits per heavy atom. The molecule has 0 aromatic heterocycles. The Morgan fingerprint density at radius 1 is 1.57 bits per heavy atom. The second-order valence-electron chi connectivity index (χ2n) is 2.92. The number of hydrogen-bond acceptors (Lipinski definition) is 1. The number of carbonyl (C=O) groups excluding carboxylic acids is 1. The van der Waals surface area contributed by atoms with Crippen molar-refractivity contribution >= 4 is 34.2 Å². The van der Waals surface area contributed by atoms with E-state index in [4.69, 9.17) is 0 Å². The van der Waals surface area contributed by atoms with E-state index in [9.17, 15) is 9.18 Å². The van der Waals surface area contributed by atoms with Crippen LogP contribution in [0.25, 0.3) is 0 Å². The minimum atomic E-state index is -0.388. The molecule has 0 spiro atoms. The molecule has 0 unspecified atom stereocenters. The van der Waals surface area contributed by atoms with Crippen molar-refractivity contribution in [2.45, 2.75) is 19.8 Å². The zero-order valence-electron chi connectivity index (χ0n) is 7.81. The molecule has 0 fully saturated rings. The Kier molecular flexibility index (Phi) is 4.31. The van der Waals surface area contributed by atoms with Gasteiger partial charge in [0.15, 0.2) is 0 Å². The van der Waals surface area contributed by atoms with Gasteiger partial charge in [-0.1, -0.05) is 6.92 Å². The minimum Gasteiger partial charge on any atom is -0.324 e. The van der Waals surface area contributed by atoms with Crippen molar-refractivity contribution in [3.05, 3.63) is 27.6 Å². The predicted octanol–water partition coefficient (Wildman–Crippen LogP) is 3.17. The average Bonchev–Trinajstić information content (AvgIpc) is 2.10. The maximum atomic E-state index is 13.2. The molecule has 0 aliphatic carbocycles. The number of carbonyl (C=O) groups is 1.